The Labute approximate surface area is 128 Å². The highest BCUT2D eigenvalue weighted by molar-refractivity contribution is 7.08. The van der Waals surface area contributed by atoms with Crippen LogP contribution < -0.4 is 0 Å². The number of nitrogens with zero attached hydrogens (tertiary/aromatic N) is 2. The predicted molar refractivity (Wildman–Crippen MR) is 83.2 cm³/mol. The Kier molecular flexibility index (Phi) is 3.30. The maximum Gasteiger partial charge on any atom is 0.223 e. The first-order valence-electron chi connectivity index (χ1n) is 7.68. The Hall–Kier alpha value is -1.62. The van der Waals surface area contributed by atoms with Crippen LogP contribution >= 0.6 is 11.3 Å². The fourth-order valence-electron chi connectivity index (χ4n) is 3.59. The van der Waals surface area contributed by atoms with Crippen molar-refractivity contribution in [2.24, 2.45) is 0 Å². The molecule has 0 aromatic carbocycles. The lowest BCUT2D eigenvalue weighted by molar-refractivity contribution is -0.129. The zero-order valence-electron chi connectivity index (χ0n) is 11.9. The van der Waals surface area contributed by atoms with E-state index in [1.165, 1.54) is 31.2 Å². The van der Waals surface area contributed by atoms with Gasteiger partial charge in [0.05, 0.1) is 11.9 Å². The lowest BCUT2D eigenvalue weighted by atomic mass is 10.1. The third kappa shape index (κ3) is 2.39. The molecule has 2 aromatic rings. The molecule has 21 heavy (non-hydrogen) atoms. The highest BCUT2D eigenvalue weighted by Gasteiger charge is 2.37. The molecule has 1 aliphatic carbocycles. The normalized spacial score (nSPS) is 23.3. The summed E-state index contributed by atoms with van der Waals surface area (Å²) in [7, 11) is 0. The summed E-state index contributed by atoms with van der Waals surface area (Å²) in [4.78, 5) is 22.3. The molecule has 110 valence electrons. The van der Waals surface area contributed by atoms with Gasteiger partial charge in [0.2, 0.25) is 5.91 Å². The van der Waals surface area contributed by atoms with Crippen LogP contribution in [-0.4, -0.2) is 33.4 Å². The van der Waals surface area contributed by atoms with E-state index in [4.69, 9.17) is 0 Å². The number of rotatable bonds is 3. The molecule has 1 aliphatic heterocycles. The van der Waals surface area contributed by atoms with Crippen molar-refractivity contribution < 1.29 is 4.79 Å². The van der Waals surface area contributed by atoms with Gasteiger partial charge in [0, 0.05) is 35.9 Å². The average molecular weight is 301 g/mol. The summed E-state index contributed by atoms with van der Waals surface area (Å²) in [6.45, 7) is 0.833. The number of amides is 1. The average Bonchev–Trinajstić information content (AvgIpc) is 3.26. The summed E-state index contributed by atoms with van der Waals surface area (Å²) in [5.41, 5.74) is 2.23. The van der Waals surface area contributed by atoms with Crippen LogP contribution in [0.1, 0.15) is 43.8 Å². The van der Waals surface area contributed by atoms with Crippen molar-refractivity contribution in [3.63, 3.8) is 0 Å². The number of H-pyrrole nitrogens is 1. The Balaban J connectivity index is 1.51. The summed E-state index contributed by atoms with van der Waals surface area (Å²) in [5.74, 6) is 1.50. The first-order chi connectivity index (χ1) is 10.3. The lowest BCUT2D eigenvalue weighted by Gasteiger charge is -2.23. The third-order valence-electron chi connectivity index (χ3n) is 4.74. The van der Waals surface area contributed by atoms with Crippen molar-refractivity contribution in [3.05, 3.63) is 28.8 Å². The number of carbonyl (C=O) groups is 1. The minimum atomic E-state index is 0.227. The highest BCUT2D eigenvalue weighted by atomic mass is 32.1. The lowest BCUT2D eigenvalue weighted by Crippen LogP contribution is -2.34. The van der Waals surface area contributed by atoms with Gasteiger partial charge in [-0.3, -0.25) is 4.79 Å². The molecule has 0 bridgehead atoms. The minimum Gasteiger partial charge on any atom is -0.342 e. The summed E-state index contributed by atoms with van der Waals surface area (Å²) < 4.78 is 0. The second kappa shape index (κ2) is 5.30. The number of imidazole rings is 1. The van der Waals surface area contributed by atoms with Crippen molar-refractivity contribution in [1.29, 1.82) is 0 Å². The van der Waals surface area contributed by atoms with Crippen molar-refractivity contribution >= 4 is 17.2 Å². The molecule has 4 rings (SSSR count). The summed E-state index contributed by atoms with van der Waals surface area (Å²) in [6.07, 6.45) is 7.38. The second-order valence-corrected chi connectivity index (χ2v) is 6.86. The molecular weight excluding hydrogens is 282 g/mol. The maximum atomic E-state index is 12.3. The molecule has 5 heteroatoms. The molecule has 1 saturated carbocycles. The van der Waals surface area contributed by atoms with Crippen molar-refractivity contribution in [3.8, 4) is 11.3 Å². The van der Waals surface area contributed by atoms with Crippen LogP contribution in [0.15, 0.2) is 23.0 Å². The van der Waals surface area contributed by atoms with Gasteiger partial charge in [0.1, 0.15) is 5.82 Å². The smallest absolute Gasteiger partial charge is 0.223 e. The Bertz CT molecular complexity index is 628. The van der Waals surface area contributed by atoms with Gasteiger partial charge in [-0.2, -0.15) is 11.3 Å². The number of nitrogens with one attached hydrogen (secondary N) is 1. The maximum absolute atomic E-state index is 12.3. The van der Waals surface area contributed by atoms with Crippen LogP contribution in [-0.2, 0) is 4.79 Å². The fourth-order valence-corrected chi connectivity index (χ4v) is 4.25. The van der Waals surface area contributed by atoms with E-state index in [0.29, 0.717) is 18.4 Å². The summed E-state index contributed by atoms with van der Waals surface area (Å²) in [5, 5.41) is 4.18. The van der Waals surface area contributed by atoms with Crippen LogP contribution in [0.25, 0.3) is 11.3 Å². The fraction of sp³-hybridized carbons (Fsp3) is 0.500. The van der Waals surface area contributed by atoms with Gasteiger partial charge in [-0.25, -0.2) is 4.98 Å². The van der Waals surface area contributed by atoms with E-state index in [9.17, 15) is 4.79 Å². The van der Waals surface area contributed by atoms with Crippen LogP contribution in [0.4, 0.5) is 0 Å². The molecule has 2 fully saturated rings. The summed E-state index contributed by atoms with van der Waals surface area (Å²) >= 11 is 1.68. The number of thiophene rings is 1. The Morgan fingerprint density at radius 2 is 2.19 bits per heavy atom. The molecular formula is C16H19N3OS. The predicted octanol–water partition coefficient (Wildman–Crippen LogP) is 3.40. The Morgan fingerprint density at radius 3 is 2.95 bits per heavy atom. The third-order valence-corrected chi connectivity index (χ3v) is 5.42. The Morgan fingerprint density at radius 1 is 1.33 bits per heavy atom. The van der Waals surface area contributed by atoms with E-state index >= 15 is 0 Å². The van der Waals surface area contributed by atoms with E-state index in [1.54, 1.807) is 11.3 Å². The molecule has 1 N–H and O–H groups in total. The molecule has 1 atom stereocenters. The largest absolute Gasteiger partial charge is 0.342 e. The van der Waals surface area contributed by atoms with Crippen LogP contribution in [0, 0.1) is 0 Å². The number of aromatic nitrogens is 2. The van der Waals surface area contributed by atoms with Crippen molar-refractivity contribution in [2.45, 2.75) is 44.1 Å². The van der Waals surface area contributed by atoms with Gasteiger partial charge in [0.15, 0.2) is 0 Å². The number of carbonyl (C=O) groups excluding carboxylic acids is 1. The molecule has 3 heterocycles. The SMILES string of the molecule is O=C1CC(c2ncc(-c3ccsc3)[nH]2)CN1C1CCCC1. The number of hydrogen-bond acceptors (Lipinski definition) is 3. The molecule has 2 aromatic heterocycles. The monoisotopic (exact) mass is 301 g/mol. The van der Waals surface area contributed by atoms with Gasteiger partial charge < -0.3 is 9.88 Å². The van der Waals surface area contributed by atoms with E-state index in [0.717, 1.165) is 18.1 Å². The zero-order chi connectivity index (χ0) is 14.2. The molecule has 4 nitrogen and oxygen atoms in total. The zero-order valence-corrected chi connectivity index (χ0v) is 12.7. The van der Waals surface area contributed by atoms with Crippen molar-refractivity contribution in [2.75, 3.05) is 6.54 Å². The minimum absolute atomic E-state index is 0.227. The second-order valence-electron chi connectivity index (χ2n) is 6.08. The van der Waals surface area contributed by atoms with Crippen LogP contribution in [0.2, 0.25) is 0 Å². The van der Waals surface area contributed by atoms with Gasteiger partial charge >= 0.3 is 0 Å². The van der Waals surface area contributed by atoms with Crippen LogP contribution in [0.3, 0.4) is 0 Å². The quantitative estimate of drug-likeness (QED) is 0.944. The number of likely N-dealkylation sites (tertiary alicyclic amines) is 1. The highest BCUT2D eigenvalue weighted by Crippen LogP contribution is 2.33. The molecule has 0 spiro atoms. The van der Waals surface area contributed by atoms with E-state index in [1.807, 2.05) is 6.20 Å². The summed E-state index contributed by atoms with van der Waals surface area (Å²) in [6, 6.07) is 2.57. The molecule has 0 radical (unpaired) electrons. The number of aromatic amines is 1. The van der Waals surface area contributed by atoms with E-state index < -0.39 is 0 Å². The molecule has 1 amide bonds. The van der Waals surface area contributed by atoms with Crippen molar-refractivity contribution in [1.82, 2.24) is 14.9 Å². The first-order valence-corrected chi connectivity index (χ1v) is 8.62. The van der Waals surface area contributed by atoms with Gasteiger partial charge in [-0.15, -0.1) is 0 Å². The van der Waals surface area contributed by atoms with Gasteiger partial charge in [0.25, 0.3) is 0 Å². The van der Waals surface area contributed by atoms with E-state index in [-0.39, 0.29) is 5.92 Å². The van der Waals surface area contributed by atoms with Crippen LogP contribution in [0.5, 0.6) is 0 Å². The molecule has 2 aliphatic rings. The standard InChI is InChI=1S/C16H19N3OS/c20-15-7-12(9-19(15)13-3-1-2-4-13)16-17-8-14(18-16)11-5-6-21-10-11/h5-6,8,10,12-13H,1-4,7,9H2,(H,17,18). The van der Waals surface area contributed by atoms with Gasteiger partial charge in [-0.05, 0) is 24.3 Å². The molecule has 1 unspecified atom stereocenters. The first kappa shape index (κ1) is 13.1. The van der Waals surface area contributed by atoms with E-state index in [2.05, 4.69) is 31.7 Å². The molecule has 1 saturated heterocycles. The topological polar surface area (TPSA) is 49.0 Å². The van der Waals surface area contributed by atoms with Gasteiger partial charge in [-0.1, -0.05) is 12.8 Å². The number of hydrogen-bond donors (Lipinski definition) is 1.